The van der Waals surface area contributed by atoms with Crippen LogP contribution >= 0.6 is 0 Å². The predicted molar refractivity (Wildman–Crippen MR) is 87.7 cm³/mol. The third kappa shape index (κ3) is 3.25. The molecule has 0 saturated carbocycles. The van der Waals surface area contributed by atoms with Crippen molar-refractivity contribution in [1.29, 1.82) is 0 Å². The van der Waals surface area contributed by atoms with Crippen molar-refractivity contribution in [2.45, 2.75) is 6.42 Å². The Kier molecular flexibility index (Phi) is 4.29. The number of hydrogen-bond acceptors (Lipinski definition) is 6. The predicted octanol–water partition coefficient (Wildman–Crippen LogP) is 2.47. The van der Waals surface area contributed by atoms with Crippen molar-refractivity contribution >= 4 is 23.0 Å². The van der Waals surface area contributed by atoms with Gasteiger partial charge in [-0.25, -0.2) is 0 Å². The molecule has 0 spiro atoms. The molecule has 2 aromatic carbocycles. The molecule has 0 aliphatic carbocycles. The fourth-order valence-corrected chi connectivity index (χ4v) is 2.68. The SMILES string of the molecule is O=C(Cc1ccccc1[N+](=O)[O-])N1CCOc2ccc([N+](=O)[O-])cc21. The highest BCUT2D eigenvalue weighted by molar-refractivity contribution is 5.97. The van der Waals surface area contributed by atoms with Crippen LogP contribution in [0.15, 0.2) is 42.5 Å². The number of non-ortho nitro benzene ring substituents is 1. The first kappa shape index (κ1) is 16.4. The molecule has 0 aromatic heterocycles. The molecule has 128 valence electrons. The standard InChI is InChI=1S/C16H13N3O6/c20-16(9-11-3-1-2-4-13(11)19(23)24)17-7-8-25-15-6-5-12(18(21)22)10-14(15)17/h1-6,10H,7-9H2. The Morgan fingerprint density at radius 1 is 1.12 bits per heavy atom. The topological polar surface area (TPSA) is 116 Å². The molecule has 0 fully saturated rings. The fraction of sp³-hybridized carbons (Fsp3) is 0.188. The summed E-state index contributed by atoms with van der Waals surface area (Å²) in [6.07, 6.45) is -0.181. The van der Waals surface area contributed by atoms with Gasteiger partial charge in [-0.15, -0.1) is 0 Å². The minimum atomic E-state index is -0.556. The van der Waals surface area contributed by atoms with E-state index in [-0.39, 0.29) is 42.4 Å². The molecule has 0 N–H and O–H groups in total. The number of fused-ring (bicyclic) bond motifs is 1. The average Bonchev–Trinajstić information content (AvgIpc) is 2.60. The highest BCUT2D eigenvalue weighted by Gasteiger charge is 2.27. The molecule has 0 unspecified atom stereocenters. The minimum absolute atomic E-state index is 0.136. The van der Waals surface area contributed by atoms with Gasteiger partial charge in [0.15, 0.2) is 0 Å². The maximum atomic E-state index is 12.7. The largest absolute Gasteiger partial charge is 0.490 e. The van der Waals surface area contributed by atoms with Gasteiger partial charge in [-0.2, -0.15) is 0 Å². The summed E-state index contributed by atoms with van der Waals surface area (Å²) in [6.45, 7) is 0.459. The molecule has 0 saturated heterocycles. The van der Waals surface area contributed by atoms with E-state index in [1.54, 1.807) is 6.07 Å². The van der Waals surface area contributed by atoms with Gasteiger partial charge in [0.1, 0.15) is 12.4 Å². The summed E-state index contributed by atoms with van der Waals surface area (Å²) in [5, 5.41) is 22.0. The lowest BCUT2D eigenvalue weighted by atomic mass is 10.1. The van der Waals surface area contributed by atoms with Crippen molar-refractivity contribution in [2.24, 2.45) is 0 Å². The molecule has 1 heterocycles. The zero-order valence-electron chi connectivity index (χ0n) is 13.0. The van der Waals surface area contributed by atoms with Crippen molar-refractivity contribution in [3.8, 4) is 5.75 Å². The highest BCUT2D eigenvalue weighted by Crippen LogP contribution is 2.35. The summed E-state index contributed by atoms with van der Waals surface area (Å²) in [5.74, 6) is -0.0212. The van der Waals surface area contributed by atoms with Crippen LogP contribution in [0.1, 0.15) is 5.56 Å². The summed E-state index contributed by atoms with van der Waals surface area (Å²) >= 11 is 0. The molecule has 0 atom stereocenters. The minimum Gasteiger partial charge on any atom is -0.490 e. The summed E-state index contributed by atoms with van der Waals surface area (Å²) < 4.78 is 5.43. The van der Waals surface area contributed by atoms with E-state index in [1.807, 2.05) is 0 Å². The Hall–Kier alpha value is -3.49. The van der Waals surface area contributed by atoms with Crippen LogP contribution in [-0.2, 0) is 11.2 Å². The molecule has 2 aromatic rings. The quantitative estimate of drug-likeness (QED) is 0.622. The smallest absolute Gasteiger partial charge is 0.273 e. The van der Waals surface area contributed by atoms with Gasteiger partial charge in [0, 0.05) is 23.8 Å². The van der Waals surface area contributed by atoms with E-state index < -0.39 is 9.85 Å². The number of ether oxygens (including phenoxy) is 1. The normalized spacial score (nSPS) is 12.9. The third-order valence-corrected chi connectivity index (χ3v) is 3.85. The molecule has 9 heteroatoms. The number of nitro benzene ring substituents is 2. The lowest BCUT2D eigenvalue weighted by Crippen LogP contribution is -2.39. The molecule has 25 heavy (non-hydrogen) atoms. The van der Waals surface area contributed by atoms with E-state index >= 15 is 0 Å². The van der Waals surface area contributed by atoms with Gasteiger partial charge in [-0.3, -0.25) is 25.0 Å². The highest BCUT2D eigenvalue weighted by atomic mass is 16.6. The molecular weight excluding hydrogens is 330 g/mol. The molecule has 1 aliphatic heterocycles. The summed E-state index contributed by atoms with van der Waals surface area (Å²) in [7, 11) is 0. The molecule has 9 nitrogen and oxygen atoms in total. The van der Waals surface area contributed by atoms with Gasteiger partial charge in [0.25, 0.3) is 11.4 Å². The van der Waals surface area contributed by atoms with Gasteiger partial charge in [-0.1, -0.05) is 18.2 Å². The zero-order valence-corrected chi connectivity index (χ0v) is 13.0. The molecular formula is C16H13N3O6. The fourth-order valence-electron chi connectivity index (χ4n) is 2.68. The molecule has 1 aliphatic rings. The van der Waals surface area contributed by atoms with Gasteiger partial charge >= 0.3 is 0 Å². The first-order valence-electron chi connectivity index (χ1n) is 7.41. The van der Waals surface area contributed by atoms with E-state index in [1.165, 1.54) is 41.3 Å². The third-order valence-electron chi connectivity index (χ3n) is 3.85. The van der Waals surface area contributed by atoms with Crippen molar-refractivity contribution in [3.63, 3.8) is 0 Å². The summed E-state index contributed by atoms with van der Waals surface area (Å²) in [5.41, 5.74) is 0.288. The van der Waals surface area contributed by atoms with Crippen molar-refractivity contribution < 1.29 is 19.4 Å². The average molecular weight is 343 g/mol. The van der Waals surface area contributed by atoms with Crippen LogP contribution in [0.3, 0.4) is 0 Å². The van der Waals surface area contributed by atoms with Gasteiger partial charge in [0.05, 0.1) is 28.5 Å². The van der Waals surface area contributed by atoms with E-state index in [2.05, 4.69) is 0 Å². The Bertz CT molecular complexity index is 867. The van der Waals surface area contributed by atoms with E-state index in [0.29, 0.717) is 11.4 Å². The van der Waals surface area contributed by atoms with E-state index in [4.69, 9.17) is 4.74 Å². The van der Waals surface area contributed by atoms with Crippen LogP contribution in [0.2, 0.25) is 0 Å². The van der Waals surface area contributed by atoms with Gasteiger partial charge in [0.2, 0.25) is 5.91 Å². The number of amides is 1. The number of carbonyl (C=O) groups is 1. The number of hydrogen-bond donors (Lipinski definition) is 0. The first-order valence-corrected chi connectivity index (χ1v) is 7.41. The monoisotopic (exact) mass is 343 g/mol. The van der Waals surface area contributed by atoms with Crippen LogP contribution < -0.4 is 9.64 Å². The second-order valence-electron chi connectivity index (χ2n) is 5.37. The summed E-state index contributed by atoms with van der Waals surface area (Å²) in [4.78, 5) is 35.0. The van der Waals surface area contributed by atoms with Crippen molar-refractivity contribution in [1.82, 2.24) is 0 Å². The van der Waals surface area contributed by atoms with Crippen LogP contribution in [0.25, 0.3) is 0 Å². The van der Waals surface area contributed by atoms with Crippen molar-refractivity contribution in [2.75, 3.05) is 18.1 Å². The number of nitro groups is 2. The number of benzene rings is 2. The molecule has 3 rings (SSSR count). The number of nitrogens with zero attached hydrogens (tertiary/aromatic N) is 3. The second-order valence-corrected chi connectivity index (χ2v) is 5.37. The van der Waals surface area contributed by atoms with Crippen LogP contribution in [0.5, 0.6) is 5.75 Å². The first-order chi connectivity index (χ1) is 12.0. The van der Waals surface area contributed by atoms with Crippen LogP contribution in [0, 0.1) is 20.2 Å². The second kappa shape index (κ2) is 6.56. The van der Waals surface area contributed by atoms with E-state index in [0.717, 1.165) is 0 Å². The molecule has 1 amide bonds. The lowest BCUT2D eigenvalue weighted by molar-refractivity contribution is -0.385. The number of carbonyl (C=O) groups excluding carboxylic acids is 1. The van der Waals surface area contributed by atoms with Crippen LogP contribution in [0.4, 0.5) is 17.1 Å². The number of rotatable bonds is 4. The summed E-state index contributed by atoms with van der Waals surface area (Å²) in [6, 6.07) is 10.0. The number of anilines is 1. The molecule has 0 radical (unpaired) electrons. The Balaban J connectivity index is 1.91. The number of para-hydroxylation sites is 1. The Morgan fingerprint density at radius 2 is 1.88 bits per heavy atom. The van der Waals surface area contributed by atoms with Gasteiger partial charge < -0.3 is 9.64 Å². The van der Waals surface area contributed by atoms with Crippen molar-refractivity contribution in [3.05, 3.63) is 68.3 Å². The molecule has 0 bridgehead atoms. The van der Waals surface area contributed by atoms with Crippen LogP contribution in [-0.4, -0.2) is 28.9 Å². The van der Waals surface area contributed by atoms with Gasteiger partial charge in [-0.05, 0) is 6.07 Å². The lowest BCUT2D eigenvalue weighted by Gasteiger charge is -2.29. The Morgan fingerprint density at radius 3 is 2.60 bits per heavy atom. The van der Waals surface area contributed by atoms with E-state index in [9.17, 15) is 25.0 Å². The maximum Gasteiger partial charge on any atom is 0.273 e. The maximum absolute atomic E-state index is 12.7. The Labute approximate surface area is 141 Å². The zero-order chi connectivity index (χ0) is 18.0.